The van der Waals surface area contributed by atoms with Crippen LogP contribution in [0.5, 0.6) is 5.75 Å². The first kappa shape index (κ1) is 13.9. The molecule has 1 aromatic rings. The van der Waals surface area contributed by atoms with Crippen molar-refractivity contribution in [3.63, 3.8) is 0 Å². The quantitative estimate of drug-likeness (QED) is 0.880. The Bertz CT molecular complexity index is 568. The molecule has 112 valence electrons. The Hall–Kier alpha value is -2.04. The van der Waals surface area contributed by atoms with Crippen LogP contribution in [0.15, 0.2) is 24.3 Å². The number of carbonyl (C=O) groups is 2. The third-order valence-corrected chi connectivity index (χ3v) is 4.24. The average molecular weight is 288 g/mol. The highest BCUT2D eigenvalue weighted by molar-refractivity contribution is 5.97. The molecule has 0 aromatic heterocycles. The highest BCUT2D eigenvalue weighted by Crippen LogP contribution is 2.37. The number of carbonyl (C=O) groups excluding carboxylic acids is 2. The minimum Gasteiger partial charge on any atom is -0.508 e. The summed E-state index contributed by atoms with van der Waals surface area (Å²) < 4.78 is 0. The van der Waals surface area contributed by atoms with Gasteiger partial charge in [-0.2, -0.15) is 0 Å². The van der Waals surface area contributed by atoms with Gasteiger partial charge in [0.2, 0.25) is 11.8 Å². The number of aromatic hydroxyl groups is 1. The number of nitrogens with zero attached hydrogens (tertiary/aromatic N) is 1. The number of phenolic OH excluding ortho intramolecular Hbond substituents is 1. The van der Waals surface area contributed by atoms with Crippen LogP contribution >= 0.6 is 0 Å². The van der Waals surface area contributed by atoms with Gasteiger partial charge in [-0.3, -0.25) is 9.59 Å². The summed E-state index contributed by atoms with van der Waals surface area (Å²) in [6, 6.07) is 6.08. The minimum atomic E-state index is -0.426. The normalized spacial score (nSPS) is 25.9. The van der Waals surface area contributed by atoms with Crippen molar-refractivity contribution in [1.82, 2.24) is 10.2 Å². The zero-order valence-electron chi connectivity index (χ0n) is 12.1. The lowest BCUT2D eigenvalue weighted by atomic mass is 10.0. The van der Waals surface area contributed by atoms with Crippen molar-refractivity contribution >= 4 is 11.8 Å². The van der Waals surface area contributed by atoms with Crippen molar-refractivity contribution in [3.05, 3.63) is 29.8 Å². The van der Waals surface area contributed by atoms with Crippen molar-refractivity contribution < 1.29 is 14.7 Å². The van der Waals surface area contributed by atoms with E-state index in [-0.39, 0.29) is 29.5 Å². The summed E-state index contributed by atoms with van der Waals surface area (Å²) in [7, 11) is 0. The third-order valence-electron chi connectivity index (χ3n) is 4.24. The fourth-order valence-electron chi connectivity index (χ4n) is 2.98. The molecule has 0 spiro atoms. The molecule has 2 amide bonds. The van der Waals surface area contributed by atoms with Gasteiger partial charge in [0.25, 0.3) is 0 Å². The molecule has 21 heavy (non-hydrogen) atoms. The van der Waals surface area contributed by atoms with Gasteiger partial charge in [0.1, 0.15) is 17.8 Å². The van der Waals surface area contributed by atoms with Crippen molar-refractivity contribution in [1.29, 1.82) is 0 Å². The van der Waals surface area contributed by atoms with Crippen LogP contribution < -0.4 is 5.32 Å². The van der Waals surface area contributed by atoms with Gasteiger partial charge in [0, 0.05) is 6.54 Å². The summed E-state index contributed by atoms with van der Waals surface area (Å²) in [5.74, 6) is 0.405. The number of piperazine rings is 1. The van der Waals surface area contributed by atoms with Crippen LogP contribution in [0.3, 0.4) is 0 Å². The van der Waals surface area contributed by atoms with Gasteiger partial charge in [0.15, 0.2) is 0 Å². The lowest BCUT2D eigenvalue weighted by molar-refractivity contribution is -0.151. The summed E-state index contributed by atoms with van der Waals surface area (Å²) in [6.45, 7) is 2.27. The second-order valence-electron chi connectivity index (χ2n) is 5.89. The molecule has 2 atom stereocenters. The summed E-state index contributed by atoms with van der Waals surface area (Å²) in [5, 5.41) is 12.4. The maximum absolute atomic E-state index is 12.6. The molecule has 0 bridgehead atoms. The van der Waals surface area contributed by atoms with Crippen LogP contribution in [0.2, 0.25) is 0 Å². The first-order chi connectivity index (χ1) is 10.1. The number of rotatable bonds is 4. The smallest absolute Gasteiger partial charge is 0.246 e. The summed E-state index contributed by atoms with van der Waals surface area (Å²) >= 11 is 0. The second kappa shape index (κ2) is 5.39. The Balaban J connectivity index is 1.86. The standard InChI is InChI=1S/C16H20N2O3/c1-2-13-16(21)18(9-10-4-3-5-12(19)8-10)14(11-6-7-11)15(20)17-13/h3-5,8,11,13-14,19H,2,6-7,9H2,1H3,(H,17,20). The van der Waals surface area contributed by atoms with E-state index in [4.69, 9.17) is 0 Å². The zero-order valence-corrected chi connectivity index (χ0v) is 12.1. The number of hydrogen-bond acceptors (Lipinski definition) is 3. The largest absolute Gasteiger partial charge is 0.508 e. The molecule has 1 saturated carbocycles. The molecule has 2 unspecified atom stereocenters. The van der Waals surface area contributed by atoms with E-state index in [1.165, 1.54) is 0 Å². The lowest BCUT2D eigenvalue weighted by Gasteiger charge is -2.39. The van der Waals surface area contributed by atoms with E-state index < -0.39 is 6.04 Å². The van der Waals surface area contributed by atoms with E-state index in [2.05, 4.69) is 5.32 Å². The molecule has 2 N–H and O–H groups in total. The van der Waals surface area contributed by atoms with Gasteiger partial charge in [-0.05, 0) is 42.9 Å². The van der Waals surface area contributed by atoms with E-state index in [1.54, 1.807) is 23.1 Å². The monoisotopic (exact) mass is 288 g/mol. The first-order valence-electron chi connectivity index (χ1n) is 7.49. The van der Waals surface area contributed by atoms with E-state index >= 15 is 0 Å². The molecule has 1 heterocycles. The zero-order chi connectivity index (χ0) is 15.0. The summed E-state index contributed by atoms with van der Waals surface area (Å²) in [5.41, 5.74) is 0.846. The molecule has 2 fully saturated rings. The Morgan fingerprint density at radius 1 is 1.33 bits per heavy atom. The molecule has 5 heteroatoms. The van der Waals surface area contributed by atoms with Crippen LogP contribution in [0, 0.1) is 5.92 Å². The lowest BCUT2D eigenvalue weighted by Crippen LogP contribution is -2.63. The van der Waals surface area contributed by atoms with Gasteiger partial charge < -0.3 is 15.3 Å². The minimum absolute atomic E-state index is 0.0163. The van der Waals surface area contributed by atoms with Crippen molar-refractivity contribution in [2.45, 2.75) is 44.8 Å². The topological polar surface area (TPSA) is 69.6 Å². The van der Waals surface area contributed by atoms with Crippen LogP contribution in [0.4, 0.5) is 0 Å². The maximum atomic E-state index is 12.6. The number of nitrogens with one attached hydrogen (secondary N) is 1. The number of phenols is 1. The Morgan fingerprint density at radius 2 is 2.10 bits per heavy atom. The third kappa shape index (κ3) is 2.73. The molecule has 1 aliphatic heterocycles. The second-order valence-corrected chi connectivity index (χ2v) is 5.89. The number of benzene rings is 1. The maximum Gasteiger partial charge on any atom is 0.246 e. The molecular weight excluding hydrogens is 268 g/mol. The highest BCUT2D eigenvalue weighted by atomic mass is 16.3. The van der Waals surface area contributed by atoms with E-state index in [0.717, 1.165) is 18.4 Å². The van der Waals surface area contributed by atoms with Gasteiger partial charge in [-0.1, -0.05) is 19.1 Å². The average Bonchev–Trinajstić information content (AvgIpc) is 3.27. The molecular formula is C16H20N2O3. The first-order valence-corrected chi connectivity index (χ1v) is 7.49. The fourth-order valence-corrected chi connectivity index (χ4v) is 2.98. The van der Waals surface area contributed by atoms with Gasteiger partial charge in [0.05, 0.1) is 0 Å². The Morgan fingerprint density at radius 3 is 2.71 bits per heavy atom. The van der Waals surface area contributed by atoms with Gasteiger partial charge in [-0.25, -0.2) is 0 Å². The highest BCUT2D eigenvalue weighted by Gasteiger charge is 2.47. The molecule has 1 aliphatic carbocycles. The Kier molecular flexibility index (Phi) is 3.57. The van der Waals surface area contributed by atoms with Crippen molar-refractivity contribution in [2.75, 3.05) is 0 Å². The van der Waals surface area contributed by atoms with E-state index in [1.807, 2.05) is 13.0 Å². The number of hydrogen-bond donors (Lipinski definition) is 2. The van der Waals surface area contributed by atoms with E-state index in [0.29, 0.717) is 13.0 Å². The SMILES string of the molecule is CCC1NC(=O)C(C2CC2)N(Cc2cccc(O)c2)C1=O. The molecule has 0 radical (unpaired) electrons. The summed E-state index contributed by atoms with van der Waals surface area (Å²) in [6.07, 6.45) is 2.59. The molecule has 1 aromatic carbocycles. The predicted octanol–water partition coefficient (Wildman–Crippen LogP) is 1.41. The fraction of sp³-hybridized carbons (Fsp3) is 0.500. The molecule has 1 saturated heterocycles. The van der Waals surface area contributed by atoms with Gasteiger partial charge in [-0.15, -0.1) is 0 Å². The summed E-state index contributed by atoms with van der Waals surface area (Å²) in [4.78, 5) is 26.6. The van der Waals surface area contributed by atoms with Crippen LogP contribution in [-0.4, -0.2) is 33.9 Å². The Labute approximate surface area is 123 Å². The molecule has 2 aliphatic rings. The molecule has 3 rings (SSSR count). The van der Waals surface area contributed by atoms with E-state index in [9.17, 15) is 14.7 Å². The van der Waals surface area contributed by atoms with Gasteiger partial charge >= 0.3 is 0 Å². The molecule has 5 nitrogen and oxygen atoms in total. The predicted molar refractivity (Wildman–Crippen MR) is 77.4 cm³/mol. The van der Waals surface area contributed by atoms with Crippen molar-refractivity contribution in [3.8, 4) is 5.75 Å². The van der Waals surface area contributed by atoms with Crippen molar-refractivity contribution in [2.24, 2.45) is 5.92 Å². The van der Waals surface area contributed by atoms with Crippen LogP contribution in [0.25, 0.3) is 0 Å². The van der Waals surface area contributed by atoms with Crippen LogP contribution in [0.1, 0.15) is 31.7 Å². The van der Waals surface area contributed by atoms with Crippen LogP contribution in [-0.2, 0) is 16.1 Å². The number of amides is 2.